The molecule has 7 heteroatoms. The summed E-state index contributed by atoms with van der Waals surface area (Å²) in [5, 5.41) is 11.7. The number of pyridine rings is 2. The second kappa shape index (κ2) is 10.3. The molecule has 0 unspecified atom stereocenters. The molecule has 149 valence electrons. The zero-order chi connectivity index (χ0) is 20.5. The van der Waals surface area contributed by atoms with Crippen LogP contribution in [0.4, 0.5) is 5.69 Å². The zero-order valence-corrected chi connectivity index (χ0v) is 16.2. The van der Waals surface area contributed by atoms with Crippen molar-refractivity contribution in [2.45, 2.75) is 19.8 Å². The molecular weight excluding hydrogens is 370 g/mol. The maximum atomic E-state index is 11.7. The summed E-state index contributed by atoms with van der Waals surface area (Å²) in [5.74, 6) is 0.468. The monoisotopic (exact) mass is 392 g/mol. The van der Waals surface area contributed by atoms with Crippen LogP contribution >= 0.6 is 0 Å². The Hall–Kier alpha value is -3.32. The van der Waals surface area contributed by atoms with Gasteiger partial charge in [-0.15, -0.1) is 0 Å². The van der Waals surface area contributed by atoms with Crippen LogP contribution in [0.3, 0.4) is 0 Å². The van der Waals surface area contributed by atoms with Crippen molar-refractivity contribution in [3.8, 4) is 11.6 Å². The van der Waals surface area contributed by atoms with E-state index in [0.717, 1.165) is 18.4 Å². The van der Waals surface area contributed by atoms with Crippen molar-refractivity contribution in [3.63, 3.8) is 0 Å². The first-order valence-corrected chi connectivity index (χ1v) is 9.32. The SMILES string of the molecule is Cc1cc([CH]COCCCc2cccnc2)c([N+](=O)[O-])c(Oc2ccccc2)n1. The van der Waals surface area contributed by atoms with Crippen molar-refractivity contribution in [1.82, 2.24) is 9.97 Å². The highest BCUT2D eigenvalue weighted by molar-refractivity contribution is 5.54. The fourth-order valence-corrected chi connectivity index (χ4v) is 2.83. The first-order valence-electron chi connectivity index (χ1n) is 9.32. The minimum absolute atomic E-state index is 0.0240. The fourth-order valence-electron chi connectivity index (χ4n) is 2.83. The highest BCUT2D eigenvalue weighted by atomic mass is 16.6. The summed E-state index contributed by atoms with van der Waals surface area (Å²) in [7, 11) is 0. The van der Waals surface area contributed by atoms with Crippen LogP contribution in [0.1, 0.15) is 23.2 Å². The number of ether oxygens (including phenoxy) is 2. The Balaban J connectivity index is 1.60. The number of aryl methyl sites for hydroxylation is 2. The van der Waals surface area contributed by atoms with Gasteiger partial charge in [-0.05, 0) is 49.6 Å². The third-order valence-corrected chi connectivity index (χ3v) is 4.16. The lowest BCUT2D eigenvalue weighted by Crippen LogP contribution is -2.05. The molecule has 0 saturated heterocycles. The number of rotatable bonds is 10. The molecular formula is C22H22N3O4. The van der Waals surface area contributed by atoms with E-state index >= 15 is 0 Å². The lowest BCUT2D eigenvalue weighted by molar-refractivity contribution is -0.386. The Morgan fingerprint density at radius 1 is 1.17 bits per heavy atom. The second-order valence-corrected chi connectivity index (χ2v) is 6.42. The third-order valence-electron chi connectivity index (χ3n) is 4.16. The largest absolute Gasteiger partial charge is 0.434 e. The van der Waals surface area contributed by atoms with E-state index in [0.29, 0.717) is 23.6 Å². The Labute approximate surface area is 169 Å². The number of benzene rings is 1. The fraction of sp³-hybridized carbons (Fsp3) is 0.227. The summed E-state index contributed by atoms with van der Waals surface area (Å²) in [6.45, 7) is 2.59. The number of hydrogen-bond acceptors (Lipinski definition) is 6. The highest BCUT2D eigenvalue weighted by Crippen LogP contribution is 2.34. The third kappa shape index (κ3) is 6.08. The van der Waals surface area contributed by atoms with Crippen LogP contribution in [0.2, 0.25) is 0 Å². The number of aromatic nitrogens is 2. The predicted octanol–water partition coefficient (Wildman–Crippen LogP) is 4.69. The average Bonchev–Trinajstić information content (AvgIpc) is 2.71. The molecule has 1 radical (unpaired) electrons. The maximum Gasteiger partial charge on any atom is 0.334 e. The van der Waals surface area contributed by atoms with Crippen molar-refractivity contribution < 1.29 is 14.4 Å². The van der Waals surface area contributed by atoms with Gasteiger partial charge in [-0.2, -0.15) is 0 Å². The van der Waals surface area contributed by atoms with E-state index in [-0.39, 0.29) is 18.2 Å². The molecule has 0 saturated carbocycles. The van der Waals surface area contributed by atoms with Crippen molar-refractivity contribution in [2.24, 2.45) is 0 Å². The summed E-state index contributed by atoms with van der Waals surface area (Å²) in [5.41, 5.74) is 2.05. The molecule has 3 rings (SSSR count). The topological polar surface area (TPSA) is 87.4 Å². The van der Waals surface area contributed by atoms with Gasteiger partial charge >= 0.3 is 5.69 Å². The number of para-hydroxylation sites is 1. The van der Waals surface area contributed by atoms with E-state index < -0.39 is 4.92 Å². The van der Waals surface area contributed by atoms with Gasteiger partial charge in [-0.1, -0.05) is 24.3 Å². The summed E-state index contributed by atoms with van der Waals surface area (Å²) in [6, 6.07) is 14.5. The molecule has 0 aliphatic carbocycles. The van der Waals surface area contributed by atoms with E-state index in [1.54, 1.807) is 49.9 Å². The number of nitrogens with zero attached hydrogens (tertiary/aromatic N) is 3. The van der Waals surface area contributed by atoms with Crippen LogP contribution in [-0.4, -0.2) is 28.1 Å². The molecule has 0 amide bonds. The van der Waals surface area contributed by atoms with Gasteiger partial charge in [0.15, 0.2) is 0 Å². The van der Waals surface area contributed by atoms with E-state index in [4.69, 9.17) is 9.47 Å². The Bertz CT molecular complexity index is 934. The molecule has 0 N–H and O–H groups in total. The summed E-state index contributed by atoms with van der Waals surface area (Å²) in [6.07, 6.45) is 6.99. The minimum atomic E-state index is -0.473. The average molecular weight is 392 g/mol. The molecule has 1 aromatic carbocycles. The van der Waals surface area contributed by atoms with Gasteiger partial charge in [0.1, 0.15) is 5.75 Å². The first kappa shape index (κ1) is 20.4. The molecule has 0 fully saturated rings. The second-order valence-electron chi connectivity index (χ2n) is 6.42. The molecule has 2 heterocycles. The molecule has 0 atom stereocenters. The van der Waals surface area contributed by atoms with Crippen molar-refractivity contribution in [2.75, 3.05) is 13.2 Å². The van der Waals surface area contributed by atoms with Crippen LogP contribution in [-0.2, 0) is 11.2 Å². The smallest absolute Gasteiger partial charge is 0.334 e. The van der Waals surface area contributed by atoms with E-state index in [9.17, 15) is 10.1 Å². The van der Waals surface area contributed by atoms with Gasteiger partial charge in [0.05, 0.1) is 11.5 Å². The van der Waals surface area contributed by atoms with Crippen LogP contribution in [0, 0.1) is 23.5 Å². The van der Waals surface area contributed by atoms with Crippen LogP contribution < -0.4 is 4.74 Å². The van der Waals surface area contributed by atoms with Gasteiger partial charge in [0, 0.05) is 36.7 Å². The molecule has 0 aliphatic heterocycles. The number of nitro groups is 1. The molecule has 3 aromatic rings. The van der Waals surface area contributed by atoms with Crippen LogP contribution in [0.5, 0.6) is 11.6 Å². The molecule has 0 bridgehead atoms. The van der Waals surface area contributed by atoms with Gasteiger partial charge < -0.3 is 9.47 Å². The quantitative estimate of drug-likeness (QED) is 0.283. The van der Waals surface area contributed by atoms with Gasteiger partial charge in [-0.3, -0.25) is 15.1 Å². The zero-order valence-electron chi connectivity index (χ0n) is 16.2. The van der Waals surface area contributed by atoms with Gasteiger partial charge in [0.25, 0.3) is 5.88 Å². The first-order chi connectivity index (χ1) is 14.1. The van der Waals surface area contributed by atoms with E-state index in [1.165, 1.54) is 0 Å². The minimum Gasteiger partial charge on any atom is -0.434 e. The molecule has 29 heavy (non-hydrogen) atoms. The summed E-state index contributed by atoms with van der Waals surface area (Å²) in [4.78, 5) is 19.5. The van der Waals surface area contributed by atoms with Gasteiger partial charge in [0.2, 0.25) is 0 Å². The number of hydrogen-bond donors (Lipinski definition) is 0. The van der Waals surface area contributed by atoms with Crippen LogP contribution in [0.15, 0.2) is 60.9 Å². The standard InChI is InChI=1S/C22H22N3O4/c1-17-15-19(11-14-28-13-6-8-18-7-5-12-23-16-18)21(25(26)27)22(24-17)29-20-9-3-2-4-10-20/h2-5,7,9-12,15-16H,6,8,13-14H2,1H3. The van der Waals surface area contributed by atoms with E-state index in [2.05, 4.69) is 9.97 Å². The van der Waals surface area contributed by atoms with E-state index in [1.807, 2.05) is 24.4 Å². The normalized spacial score (nSPS) is 10.7. The highest BCUT2D eigenvalue weighted by Gasteiger charge is 2.24. The van der Waals surface area contributed by atoms with Crippen molar-refractivity contribution >= 4 is 5.69 Å². The van der Waals surface area contributed by atoms with Gasteiger partial charge in [-0.25, -0.2) is 4.98 Å². The maximum absolute atomic E-state index is 11.7. The predicted molar refractivity (Wildman–Crippen MR) is 109 cm³/mol. The lowest BCUT2D eigenvalue weighted by Gasteiger charge is -2.10. The van der Waals surface area contributed by atoms with Crippen LogP contribution in [0.25, 0.3) is 0 Å². The molecule has 0 spiro atoms. The molecule has 2 aromatic heterocycles. The molecule has 7 nitrogen and oxygen atoms in total. The molecule has 0 aliphatic rings. The van der Waals surface area contributed by atoms with Crippen molar-refractivity contribution in [1.29, 1.82) is 0 Å². The lowest BCUT2D eigenvalue weighted by atomic mass is 10.1. The summed E-state index contributed by atoms with van der Waals surface area (Å²) < 4.78 is 11.3. The summed E-state index contributed by atoms with van der Waals surface area (Å²) >= 11 is 0. The van der Waals surface area contributed by atoms with Crippen molar-refractivity contribution in [3.05, 3.63) is 94.3 Å². The Morgan fingerprint density at radius 2 is 2.00 bits per heavy atom. The Kier molecular flexibility index (Phi) is 7.24. The Morgan fingerprint density at radius 3 is 2.72 bits per heavy atom.